The van der Waals surface area contributed by atoms with Gasteiger partial charge in [-0.3, -0.25) is 0 Å². The molecule has 0 aliphatic carbocycles. The summed E-state index contributed by atoms with van der Waals surface area (Å²) in [5.74, 6) is -37.7. The van der Waals surface area contributed by atoms with Crippen LogP contribution in [0.25, 0.3) is 0 Å². The van der Waals surface area contributed by atoms with E-state index in [1.165, 1.54) is 40.8 Å². The molecule has 0 heterocycles. The fourth-order valence-corrected chi connectivity index (χ4v) is 3.93. The SMILES string of the molecule is OC(CC(F)(F)C(F)(F)C(F)(F)C(F)(F)C(F)(F)C(F)(F)F)(c1ccccc1)c1ccccc1I. The van der Waals surface area contributed by atoms with Gasteiger partial charge in [0.1, 0.15) is 5.60 Å². The zero-order chi connectivity index (χ0) is 27.3. The lowest BCUT2D eigenvalue weighted by Crippen LogP contribution is -2.70. The third-order valence-electron chi connectivity index (χ3n) is 5.05. The van der Waals surface area contributed by atoms with Crippen molar-refractivity contribution in [2.75, 3.05) is 0 Å². The standard InChI is InChI=1S/C20H12F13IO/c21-15(22,16(23,24)17(25,26)18(27,28)19(29,30)20(31,32)33)10-14(35,11-6-2-1-3-7-11)12-8-4-5-9-13(12)34/h1-9,35H,10H2. The molecule has 1 N–H and O–H groups in total. The highest BCUT2D eigenvalue weighted by Crippen LogP contribution is 2.61. The summed E-state index contributed by atoms with van der Waals surface area (Å²) in [6.45, 7) is 0. The van der Waals surface area contributed by atoms with Gasteiger partial charge in [0.05, 0.1) is 6.42 Å². The lowest BCUT2D eigenvalue weighted by molar-refractivity contribution is -0.441. The van der Waals surface area contributed by atoms with Crippen molar-refractivity contribution in [3.8, 4) is 0 Å². The first-order valence-electron chi connectivity index (χ1n) is 9.06. The first kappa shape index (κ1) is 29.5. The van der Waals surface area contributed by atoms with E-state index in [1.54, 1.807) is 0 Å². The second kappa shape index (κ2) is 8.95. The van der Waals surface area contributed by atoms with E-state index in [-0.39, 0.29) is 3.57 Å². The lowest BCUT2D eigenvalue weighted by atomic mass is 9.79. The Bertz CT molecular complexity index is 1040. The zero-order valence-corrected chi connectivity index (χ0v) is 18.8. The molecule has 1 unspecified atom stereocenters. The third-order valence-corrected chi connectivity index (χ3v) is 5.99. The summed E-state index contributed by atoms with van der Waals surface area (Å²) in [6, 6.07) is 9.79. The first-order valence-corrected chi connectivity index (χ1v) is 10.1. The van der Waals surface area contributed by atoms with E-state index in [0.717, 1.165) is 36.4 Å². The number of rotatable bonds is 8. The molecule has 0 bridgehead atoms. The van der Waals surface area contributed by atoms with Crippen molar-refractivity contribution in [1.82, 2.24) is 0 Å². The number of hydrogen-bond acceptors (Lipinski definition) is 1. The molecule has 0 aliphatic rings. The van der Waals surface area contributed by atoms with E-state index in [0.29, 0.717) is 0 Å². The average Bonchev–Trinajstić information content (AvgIpc) is 2.72. The smallest absolute Gasteiger partial charge is 0.380 e. The highest BCUT2D eigenvalue weighted by Gasteiger charge is 2.90. The van der Waals surface area contributed by atoms with E-state index in [4.69, 9.17) is 0 Å². The lowest BCUT2D eigenvalue weighted by Gasteiger charge is -2.42. The van der Waals surface area contributed by atoms with Crippen molar-refractivity contribution >= 4 is 22.6 Å². The number of hydrogen-bond donors (Lipinski definition) is 1. The second-order valence-corrected chi connectivity index (χ2v) is 8.54. The van der Waals surface area contributed by atoms with Gasteiger partial charge >= 0.3 is 35.8 Å². The van der Waals surface area contributed by atoms with Gasteiger partial charge in [-0.25, -0.2) is 0 Å². The number of halogens is 14. The minimum atomic E-state index is -8.00. The van der Waals surface area contributed by atoms with E-state index in [1.807, 2.05) is 0 Å². The summed E-state index contributed by atoms with van der Waals surface area (Å²) in [6.07, 6.45) is -10.3. The van der Waals surface area contributed by atoms with Gasteiger partial charge in [-0.1, -0.05) is 48.5 Å². The molecule has 2 rings (SSSR count). The fourth-order valence-electron chi connectivity index (χ4n) is 3.10. The minimum Gasteiger partial charge on any atom is -0.380 e. The molecule has 0 aromatic heterocycles. The molecule has 1 atom stereocenters. The maximum atomic E-state index is 14.7. The van der Waals surface area contributed by atoms with Gasteiger partial charge in [-0.15, -0.1) is 0 Å². The van der Waals surface area contributed by atoms with E-state index < -0.39 is 58.9 Å². The quantitative estimate of drug-likeness (QED) is 0.232. The summed E-state index contributed by atoms with van der Waals surface area (Å²) in [4.78, 5) is 0. The minimum absolute atomic E-state index is 0.0868. The van der Waals surface area contributed by atoms with Crippen molar-refractivity contribution in [2.24, 2.45) is 0 Å². The van der Waals surface area contributed by atoms with Crippen LogP contribution in [0.2, 0.25) is 0 Å². The van der Waals surface area contributed by atoms with Crippen molar-refractivity contribution in [2.45, 2.75) is 47.8 Å². The average molecular weight is 642 g/mol. The van der Waals surface area contributed by atoms with Crippen LogP contribution in [-0.4, -0.2) is 40.9 Å². The van der Waals surface area contributed by atoms with Crippen molar-refractivity contribution in [3.63, 3.8) is 0 Å². The van der Waals surface area contributed by atoms with Gasteiger partial charge < -0.3 is 5.11 Å². The summed E-state index contributed by atoms with van der Waals surface area (Å²) in [5.41, 5.74) is -4.50. The van der Waals surface area contributed by atoms with Crippen LogP contribution in [0.5, 0.6) is 0 Å². The predicted molar refractivity (Wildman–Crippen MR) is 104 cm³/mol. The molecule has 35 heavy (non-hydrogen) atoms. The van der Waals surface area contributed by atoms with Gasteiger partial charge in [-0.05, 0) is 34.2 Å². The Morgan fingerprint density at radius 1 is 0.571 bits per heavy atom. The molecule has 0 spiro atoms. The maximum absolute atomic E-state index is 14.7. The summed E-state index contributed by atoms with van der Waals surface area (Å²) in [7, 11) is 0. The molecule has 0 radical (unpaired) electrons. The molecule has 2 aromatic carbocycles. The maximum Gasteiger partial charge on any atom is 0.460 e. The van der Waals surface area contributed by atoms with Crippen molar-refractivity contribution < 1.29 is 62.2 Å². The summed E-state index contributed by atoms with van der Waals surface area (Å²) >= 11 is 1.45. The molecule has 0 saturated heterocycles. The van der Waals surface area contributed by atoms with Crippen LogP contribution < -0.4 is 0 Å². The monoisotopic (exact) mass is 642 g/mol. The summed E-state index contributed by atoms with van der Waals surface area (Å²) in [5, 5.41) is 11.0. The van der Waals surface area contributed by atoms with Crippen molar-refractivity contribution in [1.29, 1.82) is 0 Å². The molecule has 0 saturated carbocycles. The third kappa shape index (κ3) is 4.57. The van der Waals surface area contributed by atoms with Gasteiger partial charge in [0.25, 0.3) is 0 Å². The highest BCUT2D eigenvalue weighted by atomic mass is 127. The number of alkyl halides is 13. The van der Waals surface area contributed by atoms with Crippen LogP contribution >= 0.6 is 22.6 Å². The first-order chi connectivity index (χ1) is 15.6. The molecular formula is C20H12F13IO. The Kier molecular flexibility index (Phi) is 7.53. The molecule has 0 amide bonds. The molecule has 0 fully saturated rings. The predicted octanol–water partition coefficient (Wildman–Crippen LogP) is 7.66. The van der Waals surface area contributed by atoms with Crippen LogP contribution in [0.15, 0.2) is 54.6 Å². The topological polar surface area (TPSA) is 20.2 Å². The Balaban J connectivity index is 2.69. The van der Waals surface area contributed by atoms with Gasteiger partial charge in [-0.2, -0.15) is 57.1 Å². The van der Waals surface area contributed by atoms with Crippen LogP contribution in [0.3, 0.4) is 0 Å². The van der Waals surface area contributed by atoms with Gasteiger partial charge in [0.2, 0.25) is 0 Å². The van der Waals surface area contributed by atoms with E-state index in [9.17, 15) is 62.2 Å². The van der Waals surface area contributed by atoms with Crippen LogP contribution in [0.1, 0.15) is 17.5 Å². The Labute approximate surface area is 202 Å². The Hall–Kier alpha value is -1.78. The fraction of sp³-hybridized carbons (Fsp3) is 0.400. The van der Waals surface area contributed by atoms with Crippen LogP contribution in [-0.2, 0) is 5.60 Å². The largest absolute Gasteiger partial charge is 0.460 e. The normalized spacial score (nSPS) is 16.2. The molecule has 2 aromatic rings. The zero-order valence-electron chi connectivity index (χ0n) is 16.6. The Morgan fingerprint density at radius 2 is 1.00 bits per heavy atom. The van der Waals surface area contributed by atoms with Crippen molar-refractivity contribution in [3.05, 3.63) is 69.3 Å². The molecule has 0 aliphatic heterocycles. The highest BCUT2D eigenvalue weighted by molar-refractivity contribution is 14.1. The summed E-state index contributed by atoms with van der Waals surface area (Å²) < 4.78 is 176. The Morgan fingerprint density at radius 3 is 1.46 bits per heavy atom. The van der Waals surface area contributed by atoms with Crippen LogP contribution in [0.4, 0.5) is 57.1 Å². The molecule has 15 heteroatoms. The molecule has 1 nitrogen and oxygen atoms in total. The van der Waals surface area contributed by atoms with Gasteiger partial charge in [0, 0.05) is 9.13 Å². The van der Waals surface area contributed by atoms with Crippen LogP contribution in [0, 0.1) is 3.57 Å². The van der Waals surface area contributed by atoms with E-state index in [2.05, 4.69) is 0 Å². The molecule has 196 valence electrons. The second-order valence-electron chi connectivity index (χ2n) is 7.38. The van der Waals surface area contributed by atoms with Gasteiger partial charge in [0.15, 0.2) is 0 Å². The number of aliphatic hydroxyl groups is 1. The molecular weight excluding hydrogens is 630 g/mol. The number of benzene rings is 2. The van der Waals surface area contributed by atoms with E-state index >= 15 is 0 Å².